The van der Waals surface area contributed by atoms with Crippen LogP contribution in [0.3, 0.4) is 0 Å². The van der Waals surface area contributed by atoms with Crippen molar-refractivity contribution in [2.75, 3.05) is 20.7 Å². The number of carbonyl (C=O) groups is 1. The van der Waals surface area contributed by atoms with Crippen LogP contribution in [0.2, 0.25) is 0 Å². The zero-order chi connectivity index (χ0) is 12.8. The third-order valence-corrected chi connectivity index (χ3v) is 3.00. The van der Waals surface area contributed by atoms with Crippen LogP contribution in [0.5, 0.6) is 0 Å². The normalized spacial score (nSPS) is 14.4. The highest BCUT2D eigenvalue weighted by atomic mass is 16.5. The molecule has 0 N–H and O–H groups in total. The predicted octanol–water partition coefficient (Wildman–Crippen LogP) is 2.28. The second-order valence-electron chi connectivity index (χ2n) is 4.34. The van der Waals surface area contributed by atoms with E-state index >= 15 is 0 Å². The topological polar surface area (TPSA) is 29.5 Å². The molecule has 0 aromatic heterocycles. The fourth-order valence-electron chi connectivity index (χ4n) is 1.80. The minimum atomic E-state index is -0.230. The summed E-state index contributed by atoms with van der Waals surface area (Å²) in [7, 11) is 3.94. The fourth-order valence-corrected chi connectivity index (χ4v) is 1.80. The highest BCUT2D eigenvalue weighted by Crippen LogP contribution is 2.23. The molecule has 94 valence electrons. The molecule has 17 heavy (non-hydrogen) atoms. The lowest BCUT2D eigenvalue weighted by Gasteiger charge is -2.28. The summed E-state index contributed by atoms with van der Waals surface area (Å²) in [6, 6.07) is 9.90. The highest BCUT2D eigenvalue weighted by Gasteiger charge is 2.29. The van der Waals surface area contributed by atoms with Crippen LogP contribution in [-0.4, -0.2) is 37.6 Å². The van der Waals surface area contributed by atoms with Gasteiger partial charge in [0.2, 0.25) is 0 Å². The number of rotatable bonds is 5. The zero-order valence-corrected chi connectivity index (χ0v) is 11.0. The van der Waals surface area contributed by atoms with Crippen molar-refractivity contribution in [3.63, 3.8) is 0 Å². The van der Waals surface area contributed by atoms with Gasteiger partial charge in [-0.05, 0) is 33.5 Å². The maximum atomic E-state index is 12.0. The molecule has 0 saturated carbocycles. The molecule has 0 bridgehead atoms. The number of esters is 1. The van der Waals surface area contributed by atoms with Crippen molar-refractivity contribution in [3.05, 3.63) is 35.9 Å². The van der Waals surface area contributed by atoms with Gasteiger partial charge < -0.3 is 9.64 Å². The quantitative estimate of drug-likeness (QED) is 0.733. The van der Waals surface area contributed by atoms with Gasteiger partial charge in [-0.2, -0.15) is 0 Å². The van der Waals surface area contributed by atoms with Crippen LogP contribution in [-0.2, 0) is 9.53 Å². The van der Waals surface area contributed by atoms with Crippen molar-refractivity contribution in [2.45, 2.75) is 25.8 Å². The van der Waals surface area contributed by atoms with Crippen molar-refractivity contribution in [1.82, 2.24) is 4.90 Å². The lowest BCUT2D eigenvalue weighted by atomic mass is 9.92. The van der Waals surface area contributed by atoms with E-state index in [4.69, 9.17) is 4.74 Å². The smallest absolute Gasteiger partial charge is 0.314 e. The third kappa shape index (κ3) is 3.56. The summed E-state index contributed by atoms with van der Waals surface area (Å²) in [5.41, 5.74) is 1.01. The molecular weight excluding hydrogens is 214 g/mol. The number of benzene rings is 1. The number of ether oxygens (including phenoxy) is 1. The van der Waals surface area contributed by atoms with Gasteiger partial charge in [-0.15, -0.1) is 0 Å². The number of nitrogens with zero attached hydrogens (tertiary/aromatic N) is 1. The van der Waals surface area contributed by atoms with Crippen LogP contribution < -0.4 is 0 Å². The monoisotopic (exact) mass is 235 g/mol. The number of hydrogen-bond donors (Lipinski definition) is 0. The molecular formula is C14H21NO2. The van der Waals surface area contributed by atoms with Crippen LogP contribution in [0, 0.1) is 0 Å². The van der Waals surface area contributed by atoms with Crippen molar-refractivity contribution < 1.29 is 9.53 Å². The standard InChI is InChI=1S/C14H21NO2/c1-5-17-14(16)13(11(2)15(3)4)12-9-7-6-8-10-12/h6-11,13H,5H2,1-4H3. The van der Waals surface area contributed by atoms with Crippen LogP contribution in [0.1, 0.15) is 25.3 Å². The molecule has 0 aliphatic carbocycles. The first-order valence-electron chi connectivity index (χ1n) is 5.96. The molecule has 0 aliphatic heterocycles. The van der Waals surface area contributed by atoms with Crippen molar-refractivity contribution >= 4 is 5.97 Å². The Morgan fingerprint density at radius 2 is 1.88 bits per heavy atom. The summed E-state index contributed by atoms with van der Waals surface area (Å²) in [4.78, 5) is 14.1. The zero-order valence-electron chi connectivity index (χ0n) is 11.0. The molecule has 2 atom stereocenters. The highest BCUT2D eigenvalue weighted by molar-refractivity contribution is 5.79. The van der Waals surface area contributed by atoms with Gasteiger partial charge in [-0.3, -0.25) is 4.79 Å². The van der Waals surface area contributed by atoms with Gasteiger partial charge in [0, 0.05) is 6.04 Å². The molecule has 0 amide bonds. The Hall–Kier alpha value is -1.35. The molecule has 0 heterocycles. The molecule has 1 aromatic carbocycles. The lowest BCUT2D eigenvalue weighted by Crippen LogP contribution is -2.36. The second-order valence-corrected chi connectivity index (χ2v) is 4.34. The van der Waals surface area contributed by atoms with Crippen LogP contribution in [0.15, 0.2) is 30.3 Å². The summed E-state index contributed by atoms with van der Waals surface area (Å²) in [6.45, 7) is 4.29. The molecule has 0 saturated heterocycles. The molecule has 1 aromatic rings. The summed E-state index contributed by atoms with van der Waals surface area (Å²) in [5, 5.41) is 0. The predicted molar refractivity (Wildman–Crippen MR) is 69.0 cm³/mol. The SMILES string of the molecule is CCOC(=O)C(c1ccccc1)C(C)N(C)C. The summed E-state index contributed by atoms with van der Waals surface area (Å²) < 4.78 is 5.16. The van der Waals surface area contributed by atoms with E-state index < -0.39 is 0 Å². The lowest BCUT2D eigenvalue weighted by molar-refractivity contribution is -0.146. The van der Waals surface area contributed by atoms with Gasteiger partial charge in [-0.1, -0.05) is 30.3 Å². The molecule has 3 heteroatoms. The van der Waals surface area contributed by atoms with Crippen LogP contribution in [0.25, 0.3) is 0 Å². The van der Waals surface area contributed by atoms with E-state index in [1.165, 1.54) is 0 Å². The summed E-state index contributed by atoms with van der Waals surface area (Å²) >= 11 is 0. The average Bonchev–Trinajstić information content (AvgIpc) is 2.31. The largest absolute Gasteiger partial charge is 0.465 e. The Labute approximate surface area is 103 Å². The fraction of sp³-hybridized carbons (Fsp3) is 0.500. The molecule has 0 spiro atoms. The first-order chi connectivity index (χ1) is 8.07. The van der Waals surface area contributed by atoms with Crippen molar-refractivity contribution in [2.24, 2.45) is 0 Å². The summed E-state index contributed by atoms with van der Waals surface area (Å²) in [6.07, 6.45) is 0. The molecule has 3 nitrogen and oxygen atoms in total. The van der Waals surface area contributed by atoms with Gasteiger partial charge in [0.05, 0.1) is 12.5 Å². The maximum Gasteiger partial charge on any atom is 0.314 e. The maximum absolute atomic E-state index is 12.0. The van der Waals surface area contributed by atoms with E-state index in [1.54, 1.807) is 0 Å². The van der Waals surface area contributed by atoms with E-state index in [0.29, 0.717) is 6.61 Å². The Kier molecular flexibility index (Phi) is 5.16. The van der Waals surface area contributed by atoms with Crippen LogP contribution in [0.4, 0.5) is 0 Å². The van der Waals surface area contributed by atoms with E-state index in [9.17, 15) is 4.79 Å². The van der Waals surface area contributed by atoms with E-state index in [2.05, 4.69) is 0 Å². The first kappa shape index (κ1) is 13.7. The minimum Gasteiger partial charge on any atom is -0.465 e. The van der Waals surface area contributed by atoms with Gasteiger partial charge >= 0.3 is 5.97 Å². The molecule has 2 unspecified atom stereocenters. The minimum absolute atomic E-state index is 0.108. The average molecular weight is 235 g/mol. The summed E-state index contributed by atoms with van der Waals surface area (Å²) in [5.74, 6) is -0.383. The Balaban J connectivity index is 2.98. The van der Waals surface area contributed by atoms with Gasteiger partial charge in [0.15, 0.2) is 0 Å². The Bertz CT molecular complexity index is 348. The molecule has 0 radical (unpaired) electrons. The number of hydrogen-bond acceptors (Lipinski definition) is 3. The molecule has 0 aliphatic rings. The molecule has 1 rings (SSSR count). The van der Waals surface area contributed by atoms with Crippen LogP contribution >= 0.6 is 0 Å². The van der Waals surface area contributed by atoms with Gasteiger partial charge in [-0.25, -0.2) is 0 Å². The Morgan fingerprint density at radius 3 is 2.35 bits per heavy atom. The Morgan fingerprint density at radius 1 is 1.29 bits per heavy atom. The third-order valence-electron chi connectivity index (χ3n) is 3.00. The first-order valence-corrected chi connectivity index (χ1v) is 5.96. The van der Waals surface area contributed by atoms with E-state index in [1.807, 2.05) is 63.2 Å². The van der Waals surface area contributed by atoms with Gasteiger partial charge in [0.25, 0.3) is 0 Å². The van der Waals surface area contributed by atoms with Gasteiger partial charge in [0.1, 0.15) is 0 Å². The molecule has 0 fully saturated rings. The number of carbonyl (C=O) groups excluding carboxylic acids is 1. The number of likely N-dealkylation sites (N-methyl/N-ethyl adjacent to an activating group) is 1. The van der Waals surface area contributed by atoms with E-state index in [0.717, 1.165) is 5.56 Å². The van der Waals surface area contributed by atoms with Crippen molar-refractivity contribution in [3.8, 4) is 0 Å². The van der Waals surface area contributed by atoms with E-state index in [-0.39, 0.29) is 17.9 Å². The van der Waals surface area contributed by atoms with Crippen molar-refractivity contribution in [1.29, 1.82) is 0 Å². The second kappa shape index (κ2) is 6.40.